The van der Waals surface area contributed by atoms with Crippen LogP contribution >= 0.6 is 0 Å². The number of aromatic carboxylic acids is 1. The summed E-state index contributed by atoms with van der Waals surface area (Å²) in [5.74, 6) is -2.11. The van der Waals surface area contributed by atoms with Gasteiger partial charge in [0.25, 0.3) is 5.69 Å². The molecule has 1 aromatic rings. The van der Waals surface area contributed by atoms with Crippen molar-refractivity contribution in [2.45, 2.75) is 52.9 Å². The number of ether oxygens (including phenoxy) is 1. The molecule has 0 aliphatic heterocycles. The van der Waals surface area contributed by atoms with Crippen molar-refractivity contribution in [1.29, 1.82) is 0 Å². The second kappa shape index (κ2) is 8.36. The van der Waals surface area contributed by atoms with Crippen LogP contribution in [-0.2, 0) is 12.8 Å². The number of aromatic hydroxyl groups is 1. The van der Waals surface area contributed by atoms with Crippen molar-refractivity contribution in [1.82, 2.24) is 0 Å². The van der Waals surface area contributed by atoms with Gasteiger partial charge in [0, 0.05) is 11.1 Å². The van der Waals surface area contributed by atoms with E-state index in [-0.39, 0.29) is 5.75 Å². The van der Waals surface area contributed by atoms with Gasteiger partial charge in [0.05, 0.1) is 11.5 Å². The highest BCUT2D eigenvalue weighted by atomic mass is 16.6. The molecule has 0 aliphatic rings. The summed E-state index contributed by atoms with van der Waals surface area (Å²) in [6.45, 7) is 5.95. The molecule has 0 amide bonds. The molecule has 128 valence electrons. The van der Waals surface area contributed by atoms with Gasteiger partial charge in [-0.3, -0.25) is 10.1 Å². The third kappa shape index (κ3) is 3.91. The molecule has 0 aliphatic carbocycles. The minimum Gasteiger partial charge on any atom is -0.503 e. The number of nitrogens with zero attached hydrogens (tertiary/aromatic N) is 1. The molecular weight excluding hydrogens is 302 g/mol. The largest absolute Gasteiger partial charge is 0.503 e. The second-order valence-electron chi connectivity index (χ2n) is 5.27. The summed E-state index contributed by atoms with van der Waals surface area (Å²) in [5.41, 5.74) is -0.328. The van der Waals surface area contributed by atoms with Crippen molar-refractivity contribution < 1.29 is 24.7 Å². The van der Waals surface area contributed by atoms with Crippen molar-refractivity contribution in [3.05, 3.63) is 26.8 Å². The summed E-state index contributed by atoms with van der Waals surface area (Å²) in [5, 5.41) is 31.1. The zero-order chi connectivity index (χ0) is 17.6. The van der Waals surface area contributed by atoms with Gasteiger partial charge in [0.2, 0.25) is 0 Å². The van der Waals surface area contributed by atoms with Crippen LogP contribution in [-0.4, -0.2) is 27.7 Å². The van der Waals surface area contributed by atoms with Gasteiger partial charge in [-0.15, -0.1) is 0 Å². The number of nitro benzene ring substituents is 1. The maximum absolute atomic E-state index is 11.5. The highest BCUT2D eigenvalue weighted by Crippen LogP contribution is 2.44. The monoisotopic (exact) mass is 325 g/mol. The summed E-state index contributed by atoms with van der Waals surface area (Å²) < 4.78 is 5.55. The molecule has 0 radical (unpaired) electrons. The van der Waals surface area contributed by atoms with Gasteiger partial charge in [-0.25, -0.2) is 4.79 Å². The molecule has 1 aromatic carbocycles. The molecule has 0 saturated carbocycles. The van der Waals surface area contributed by atoms with E-state index in [0.717, 1.165) is 0 Å². The lowest BCUT2D eigenvalue weighted by Gasteiger charge is -2.18. The van der Waals surface area contributed by atoms with Gasteiger partial charge >= 0.3 is 5.97 Å². The Labute approximate surface area is 135 Å². The molecule has 7 heteroatoms. The molecule has 0 saturated heterocycles. The predicted octanol–water partition coefficient (Wildman–Crippen LogP) is 3.69. The smallest absolute Gasteiger partial charge is 0.346 e. The van der Waals surface area contributed by atoms with E-state index in [9.17, 15) is 25.1 Å². The quantitative estimate of drug-likeness (QED) is 0.529. The topological polar surface area (TPSA) is 110 Å². The minimum atomic E-state index is -1.53. The maximum Gasteiger partial charge on any atom is 0.346 e. The van der Waals surface area contributed by atoms with Crippen LogP contribution in [0.15, 0.2) is 0 Å². The Morgan fingerprint density at radius 1 is 1.13 bits per heavy atom. The Bertz CT molecular complexity index is 597. The van der Waals surface area contributed by atoms with Crippen LogP contribution < -0.4 is 4.74 Å². The third-order valence-electron chi connectivity index (χ3n) is 3.46. The van der Waals surface area contributed by atoms with Crippen molar-refractivity contribution >= 4 is 11.7 Å². The molecule has 0 heterocycles. The number of rotatable bonds is 9. The van der Waals surface area contributed by atoms with Crippen LogP contribution in [0.25, 0.3) is 0 Å². The first-order chi connectivity index (χ1) is 10.9. The predicted molar refractivity (Wildman–Crippen MR) is 85.5 cm³/mol. The van der Waals surface area contributed by atoms with E-state index in [0.29, 0.717) is 49.8 Å². The normalized spacial score (nSPS) is 10.6. The van der Waals surface area contributed by atoms with Gasteiger partial charge < -0.3 is 14.9 Å². The summed E-state index contributed by atoms with van der Waals surface area (Å²) in [6.07, 6.45) is 2.82. The minimum absolute atomic E-state index is 0.0696. The molecular formula is C16H23NO6. The third-order valence-corrected chi connectivity index (χ3v) is 3.46. The Balaban J connectivity index is 3.81. The first-order valence-electron chi connectivity index (χ1n) is 7.81. The van der Waals surface area contributed by atoms with Crippen LogP contribution in [0.2, 0.25) is 0 Å². The summed E-state index contributed by atoms with van der Waals surface area (Å²) in [6, 6.07) is 0. The lowest BCUT2D eigenvalue weighted by molar-refractivity contribution is -0.386. The van der Waals surface area contributed by atoms with E-state index in [1.807, 2.05) is 20.8 Å². The van der Waals surface area contributed by atoms with Gasteiger partial charge in [-0.1, -0.05) is 33.6 Å². The lowest BCUT2D eigenvalue weighted by atomic mass is 9.92. The van der Waals surface area contributed by atoms with Crippen molar-refractivity contribution in [3.63, 3.8) is 0 Å². The van der Waals surface area contributed by atoms with Crippen LogP contribution in [0.1, 0.15) is 61.5 Å². The molecule has 1 rings (SSSR count). The number of nitro groups is 1. The highest BCUT2D eigenvalue weighted by Gasteiger charge is 2.34. The lowest BCUT2D eigenvalue weighted by Crippen LogP contribution is -2.12. The number of hydrogen-bond donors (Lipinski definition) is 2. The SMILES string of the molecule is CCCOc1c(O)c(C(=O)O)c([N+](=O)[O-])c(CCC)c1CCC. The fourth-order valence-corrected chi connectivity index (χ4v) is 2.60. The number of benzene rings is 1. The molecule has 0 bridgehead atoms. The molecule has 0 atom stereocenters. The van der Waals surface area contributed by atoms with E-state index in [4.69, 9.17) is 4.74 Å². The average Bonchev–Trinajstić information content (AvgIpc) is 2.48. The first-order valence-corrected chi connectivity index (χ1v) is 7.81. The number of carboxylic acids is 1. The van der Waals surface area contributed by atoms with Crippen LogP contribution in [0, 0.1) is 10.1 Å². The zero-order valence-electron chi connectivity index (χ0n) is 13.7. The Morgan fingerprint density at radius 2 is 1.70 bits per heavy atom. The van der Waals surface area contributed by atoms with Gasteiger partial charge in [-0.2, -0.15) is 0 Å². The fourth-order valence-electron chi connectivity index (χ4n) is 2.60. The van der Waals surface area contributed by atoms with Crippen molar-refractivity contribution in [2.24, 2.45) is 0 Å². The van der Waals surface area contributed by atoms with Crippen LogP contribution in [0.4, 0.5) is 5.69 Å². The van der Waals surface area contributed by atoms with E-state index in [1.165, 1.54) is 0 Å². The summed E-state index contributed by atoms with van der Waals surface area (Å²) in [7, 11) is 0. The summed E-state index contributed by atoms with van der Waals surface area (Å²) >= 11 is 0. The van der Waals surface area contributed by atoms with E-state index < -0.39 is 27.9 Å². The molecule has 2 N–H and O–H groups in total. The Morgan fingerprint density at radius 3 is 2.13 bits per heavy atom. The standard InChI is InChI=1S/C16H23NO6/c1-4-7-10-11(8-5-2)15(23-9-6-3)14(18)12(16(19)20)13(10)17(21)22/h18H,4-9H2,1-3H3,(H,19,20). The van der Waals surface area contributed by atoms with E-state index >= 15 is 0 Å². The maximum atomic E-state index is 11.5. The zero-order valence-corrected chi connectivity index (χ0v) is 13.7. The van der Waals surface area contributed by atoms with E-state index in [1.54, 1.807) is 0 Å². The highest BCUT2D eigenvalue weighted by molar-refractivity contribution is 5.98. The average molecular weight is 325 g/mol. The Hall–Kier alpha value is -2.31. The summed E-state index contributed by atoms with van der Waals surface area (Å²) in [4.78, 5) is 22.2. The molecule has 23 heavy (non-hydrogen) atoms. The molecule has 0 spiro atoms. The second-order valence-corrected chi connectivity index (χ2v) is 5.27. The number of carboxylic acid groups (broad SMARTS) is 1. The molecule has 0 aromatic heterocycles. The van der Waals surface area contributed by atoms with Gasteiger partial charge in [-0.05, 0) is 19.3 Å². The van der Waals surface area contributed by atoms with Crippen LogP contribution in [0.3, 0.4) is 0 Å². The van der Waals surface area contributed by atoms with Gasteiger partial charge in [0.1, 0.15) is 0 Å². The number of hydrogen-bond acceptors (Lipinski definition) is 5. The molecule has 7 nitrogen and oxygen atoms in total. The van der Waals surface area contributed by atoms with Crippen LogP contribution in [0.5, 0.6) is 11.5 Å². The molecule has 0 unspecified atom stereocenters. The Kier molecular flexibility index (Phi) is 6.81. The van der Waals surface area contributed by atoms with Crippen molar-refractivity contribution in [3.8, 4) is 11.5 Å². The molecule has 0 fully saturated rings. The number of carbonyl (C=O) groups is 1. The number of phenols is 1. The fraction of sp³-hybridized carbons (Fsp3) is 0.562. The van der Waals surface area contributed by atoms with E-state index in [2.05, 4.69) is 0 Å². The first kappa shape index (κ1) is 18.7. The van der Waals surface area contributed by atoms with Crippen molar-refractivity contribution in [2.75, 3.05) is 6.61 Å². The van der Waals surface area contributed by atoms with Gasteiger partial charge in [0.15, 0.2) is 17.1 Å².